The van der Waals surface area contributed by atoms with Gasteiger partial charge in [0.05, 0.1) is 0 Å². The van der Waals surface area contributed by atoms with Crippen LogP contribution in [0.15, 0.2) is 60.9 Å². The van der Waals surface area contributed by atoms with Crippen LogP contribution in [0.3, 0.4) is 0 Å². The van der Waals surface area contributed by atoms with Crippen LogP contribution < -0.4 is 11.1 Å². The summed E-state index contributed by atoms with van der Waals surface area (Å²) in [5, 5.41) is 7.87. The van der Waals surface area contributed by atoms with Crippen LogP contribution in [0.5, 0.6) is 0 Å². The Bertz CT molecular complexity index is 1040. The van der Waals surface area contributed by atoms with E-state index in [4.69, 9.17) is 5.73 Å². The van der Waals surface area contributed by atoms with Gasteiger partial charge in [0, 0.05) is 29.9 Å². The van der Waals surface area contributed by atoms with E-state index >= 15 is 0 Å². The summed E-state index contributed by atoms with van der Waals surface area (Å²) in [7, 11) is 0. The van der Waals surface area contributed by atoms with Crippen molar-refractivity contribution in [2.75, 3.05) is 11.1 Å². The van der Waals surface area contributed by atoms with Crippen molar-refractivity contribution in [2.24, 2.45) is 0 Å². The van der Waals surface area contributed by atoms with Gasteiger partial charge in [-0.1, -0.05) is 42.5 Å². The number of benzene rings is 2. The molecule has 26 heavy (non-hydrogen) atoms. The summed E-state index contributed by atoms with van der Waals surface area (Å²) in [5.41, 5.74) is 11.1. The molecule has 6 nitrogen and oxygen atoms in total. The van der Waals surface area contributed by atoms with Crippen LogP contribution in [-0.4, -0.2) is 19.6 Å². The van der Waals surface area contributed by atoms with Crippen LogP contribution in [0.1, 0.15) is 22.4 Å². The van der Waals surface area contributed by atoms with E-state index < -0.39 is 0 Å². The number of nitrogens with zero attached hydrogens (tertiary/aromatic N) is 4. The smallest absolute Gasteiger partial charge is 0.254 e. The molecule has 0 aliphatic carbocycles. The molecule has 0 radical (unpaired) electrons. The fourth-order valence-corrected chi connectivity index (χ4v) is 3.07. The molecule has 2 aromatic heterocycles. The number of hydrogen-bond acceptors (Lipinski definition) is 5. The quantitative estimate of drug-likeness (QED) is 0.543. The summed E-state index contributed by atoms with van der Waals surface area (Å²) in [5.74, 6) is 1.51. The van der Waals surface area contributed by atoms with E-state index in [1.165, 1.54) is 11.9 Å². The minimum atomic E-state index is 0.592. The monoisotopic (exact) mass is 344 g/mol. The third-order valence-corrected chi connectivity index (χ3v) is 4.37. The normalized spacial score (nSPS) is 11.0. The van der Waals surface area contributed by atoms with Gasteiger partial charge in [0.15, 0.2) is 0 Å². The number of nitrogens with one attached hydrogen (secondary N) is 1. The first kappa shape index (κ1) is 16.1. The highest BCUT2D eigenvalue weighted by Crippen LogP contribution is 2.24. The maximum Gasteiger partial charge on any atom is 0.254 e. The van der Waals surface area contributed by atoms with Gasteiger partial charge >= 0.3 is 0 Å². The summed E-state index contributed by atoms with van der Waals surface area (Å²) in [6.07, 6.45) is 2.25. The maximum absolute atomic E-state index is 5.94. The second-order valence-corrected chi connectivity index (χ2v) is 6.26. The van der Waals surface area contributed by atoms with Gasteiger partial charge in [-0.05, 0) is 30.2 Å². The van der Waals surface area contributed by atoms with Crippen LogP contribution >= 0.6 is 0 Å². The van der Waals surface area contributed by atoms with Gasteiger partial charge in [-0.15, -0.1) is 0 Å². The molecule has 0 saturated heterocycles. The zero-order valence-electron chi connectivity index (χ0n) is 14.6. The van der Waals surface area contributed by atoms with Crippen LogP contribution in [0.4, 0.5) is 11.5 Å². The summed E-state index contributed by atoms with van der Waals surface area (Å²) < 4.78 is 1.76. The number of aromatic nitrogens is 4. The van der Waals surface area contributed by atoms with E-state index in [0.29, 0.717) is 12.3 Å². The Hall–Kier alpha value is -3.41. The Morgan fingerprint density at radius 2 is 1.85 bits per heavy atom. The molecule has 0 unspecified atom stereocenters. The Morgan fingerprint density at radius 1 is 1.04 bits per heavy atom. The van der Waals surface area contributed by atoms with Crippen LogP contribution in [0, 0.1) is 6.92 Å². The average Bonchev–Trinajstić information content (AvgIpc) is 3.10. The molecule has 130 valence electrons. The van der Waals surface area contributed by atoms with Crippen molar-refractivity contribution in [2.45, 2.75) is 19.9 Å². The predicted molar refractivity (Wildman–Crippen MR) is 103 cm³/mol. The second-order valence-electron chi connectivity index (χ2n) is 6.26. The SMILES string of the molecule is Cc1nc2ncnn2c(NCc2ccccc2)c1Cc1cccc(N)c1. The van der Waals surface area contributed by atoms with E-state index in [9.17, 15) is 0 Å². The van der Waals surface area contributed by atoms with Gasteiger partial charge in [0.2, 0.25) is 0 Å². The molecule has 0 fully saturated rings. The molecule has 4 rings (SSSR count). The first-order chi connectivity index (χ1) is 12.7. The summed E-state index contributed by atoms with van der Waals surface area (Å²) in [4.78, 5) is 8.83. The Morgan fingerprint density at radius 3 is 2.65 bits per heavy atom. The summed E-state index contributed by atoms with van der Waals surface area (Å²) in [6.45, 7) is 2.70. The van der Waals surface area contributed by atoms with E-state index in [-0.39, 0.29) is 0 Å². The Labute approximate surface area is 151 Å². The van der Waals surface area contributed by atoms with Crippen molar-refractivity contribution in [1.29, 1.82) is 0 Å². The van der Waals surface area contributed by atoms with Gasteiger partial charge in [0.25, 0.3) is 5.78 Å². The van der Waals surface area contributed by atoms with Crippen molar-refractivity contribution in [1.82, 2.24) is 19.6 Å². The minimum Gasteiger partial charge on any atom is -0.399 e. The zero-order valence-corrected chi connectivity index (χ0v) is 14.6. The van der Waals surface area contributed by atoms with Gasteiger partial charge in [-0.25, -0.2) is 4.98 Å². The van der Waals surface area contributed by atoms with Crippen LogP contribution in [0.2, 0.25) is 0 Å². The third kappa shape index (κ3) is 3.21. The van der Waals surface area contributed by atoms with Crippen LogP contribution in [0.25, 0.3) is 5.78 Å². The molecular weight excluding hydrogens is 324 g/mol. The zero-order chi connectivity index (χ0) is 17.9. The lowest BCUT2D eigenvalue weighted by molar-refractivity contribution is 0.890. The van der Waals surface area contributed by atoms with E-state index in [2.05, 4.69) is 38.6 Å². The topological polar surface area (TPSA) is 81.1 Å². The lowest BCUT2D eigenvalue weighted by Crippen LogP contribution is -2.12. The Kier molecular flexibility index (Phi) is 4.23. The second kappa shape index (κ2) is 6.84. The number of rotatable bonds is 5. The largest absolute Gasteiger partial charge is 0.399 e. The van der Waals surface area contributed by atoms with E-state index in [1.54, 1.807) is 4.52 Å². The highest BCUT2D eigenvalue weighted by atomic mass is 15.4. The molecule has 0 atom stereocenters. The molecule has 0 bridgehead atoms. The number of aryl methyl sites for hydroxylation is 1. The average molecular weight is 344 g/mol. The lowest BCUT2D eigenvalue weighted by Gasteiger charge is -2.15. The van der Waals surface area contributed by atoms with Crippen molar-refractivity contribution in [3.8, 4) is 0 Å². The number of nitrogen functional groups attached to an aromatic ring is 1. The minimum absolute atomic E-state index is 0.592. The third-order valence-electron chi connectivity index (χ3n) is 4.37. The molecule has 2 aromatic carbocycles. The number of nitrogens with two attached hydrogens (primary N) is 1. The molecule has 3 N–H and O–H groups in total. The molecule has 4 aromatic rings. The fourth-order valence-electron chi connectivity index (χ4n) is 3.07. The number of fused-ring (bicyclic) bond motifs is 1. The van der Waals surface area contributed by atoms with E-state index in [0.717, 1.165) is 34.7 Å². The van der Waals surface area contributed by atoms with Crippen molar-refractivity contribution < 1.29 is 0 Å². The highest BCUT2D eigenvalue weighted by Gasteiger charge is 2.15. The molecular formula is C20H20N6. The molecule has 0 amide bonds. The molecule has 0 saturated carbocycles. The molecule has 6 heteroatoms. The predicted octanol–water partition coefficient (Wildman–Crippen LogP) is 3.22. The van der Waals surface area contributed by atoms with Crippen molar-refractivity contribution in [3.63, 3.8) is 0 Å². The van der Waals surface area contributed by atoms with Crippen molar-refractivity contribution in [3.05, 3.63) is 83.3 Å². The molecule has 0 aliphatic rings. The van der Waals surface area contributed by atoms with Gasteiger partial charge in [-0.3, -0.25) is 0 Å². The number of hydrogen-bond donors (Lipinski definition) is 2. The van der Waals surface area contributed by atoms with Gasteiger partial charge in [0.1, 0.15) is 12.1 Å². The molecule has 0 spiro atoms. The highest BCUT2D eigenvalue weighted by molar-refractivity contribution is 5.55. The molecule has 2 heterocycles. The maximum atomic E-state index is 5.94. The lowest BCUT2D eigenvalue weighted by atomic mass is 10.0. The summed E-state index contributed by atoms with van der Waals surface area (Å²) >= 11 is 0. The Balaban J connectivity index is 1.74. The van der Waals surface area contributed by atoms with Gasteiger partial charge < -0.3 is 11.1 Å². The molecule has 0 aliphatic heterocycles. The fraction of sp³-hybridized carbons (Fsp3) is 0.150. The number of anilines is 2. The summed E-state index contributed by atoms with van der Waals surface area (Å²) in [6, 6.07) is 18.2. The van der Waals surface area contributed by atoms with E-state index in [1.807, 2.05) is 43.3 Å². The van der Waals surface area contributed by atoms with Crippen molar-refractivity contribution >= 4 is 17.3 Å². The first-order valence-electron chi connectivity index (χ1n) is 8.52. The first-order valence-corrected chi connectivity index (χ1v) is 8.52. The van der Waals surface area contributed by atoms with Crippen LogP contribution in [-0.2, 0) is 13.0 Å². The standard InChI is InChI=1S/C20H20N6/c1-14-18(11-16-8-5-9-17(21)10-16)19(26-20(25-14)23-13-24-26)22-12-15-6-3-2-4-7-15/h2-10,13,22H,11-12,21H2,1H3. The van der Waals surface area contributed by atoms with Gasteiger partial charge in [-0.2, -0.15) is 14.6 Å².